The van der Waals surface area contributed by atoms with Crippen LogP contribution in [0.1, 0.15) is 28.1 Å². The van der Waals surface area contributed by atoms with Crippen LogP contribution in [0.15, 0.2) is 22.7 Å². The van der Waals surface area contributed by atoms with Crippen molar-refractivity contribution in [2.75, 3.05) is 0 Å². The lowest BCUT2D eigenvalue weighted by atomic mass is 10.1. The van der Waals surface area contributed by atoms with Crippen LogP contribution < -0.4 is 5.32 Å². The molecular formula is C17H20BrN3O. The second kappa shape index (κ2) is 5.88. The molecule has 0 spiro atoms. The maximum atomic E-state index is 12.5. The summed E-state index contributed by atoms with van der Waals surface area (Å²) in [4.78, 5) is 12.5. The van der Waals surface area contributed by atoms with Crippen LogP contribution in [0.3, 0.4) is 0 Å². The van der Waals surface area contributed by atoms with E-state index in [1.54, 1.807) is 0 Å². The van der Waals surface area contributed by atoms with E-state index in [4.69, 9.17) is 0 Å². The summed E-state index contributed by atoms with van der Waals surface area (Å²) in [5.41, 5.74) is 5.78. The molecule has 0 saturated heterocycles. The molecule has 5 heteroatoms. The van der Waals surface area contributed by atoms with Crippen molar-refractivity contribution in [3.8, 4) is 0 Å². The molecule has 1 heterocycles. The molecule has 116 valence electrons. The second-order valence-corrected chi connectivity index (χ2v) is 6.92. The molecule has 1 amide bonds. The summed E-state index contributed by atoms with van der Waals surface area (Å²) in [5.74, 6) is 0.177. The average molecular weight is 362 g/mol. The Kier molecular flexibility index (Phi) is 4.08. The summed E-state index contributed by atoms with van der Waals surface area (Å²) in [6, 6.07) is 6.28. The smallest absolute Gasteiger partial charge is 0.224 e. The Morgan fingerprint density at radius 3 is 2.77 bits per heavy atom. The van der Waals surface area contributed by atoms with E-state index in [0.717, 1.165) is 34.3 Å². The predicted molar refractivity (Wildman–Crippen MR) is 89.6 cm³/mol. The molecule has 0 fully saturated rings. The Morgan fingerprint density at radius 1 is 1.36 bits per heavy atom. The van der Waals surface area contributed by atoms with Crippen LogP contribution in [0.25, 0.3) is 0 Å². The van der Waals surface area contributed by atoms with Gasteiger partial charge in [0, 0.05) is 35.2 Å². The molecule has 22 heavy (non-hydrogen) atoms. The molecule has 1 aliphatic carbocycles. The van der Waals surface area contributed by atoms with Crippen LogP contribution in [0.2, 0.25) is 0 Å². The quantitative estimate of drug-likeness (QED) is 0.913. The summed E-state index contributed by atoms with van der Waals surface area (Å²) in [5, 5.41) is 7.47. The van der Waals surface area contributed by atoms with Crippen molar-refractivity contribution in [2.24, 2.45) is 13.0 Å². The zero-order chi connectivity index (χ0) is 15.9. The molecule has 1 atom stereocenters. The predicted octanol–water partition coefficient (Wildman–Crippen LogP) is 2.83. The van der Waals surface area contributed by atoms with Crippen molar-refractivity contribution in [3.05, 3.63) is 50.8 Å². The molecule has 1 aromatic carbocycles. The molecule has 0 aliphatic heterocycles. The number of aryl methyl sites for hydroxylation is 2. The van der Waals surface area contributed by atoms with Gasteiger partial charge in [-0.2, -0.15) is 5.10 Å². The van der Waals surface area contributed by atoms with Gasteiger partial charge in [-0.15, -0.1) is 0 Å². The lowest BCUT2D eigenvalue weighted by Crippen LogP contribution is -2.31. The second-order valence-electron chi connectivity index (χ2n) is 6.01. The van der Waals surface area contributed by atoms with Crippen LogP contribution in [-0.2, 0) is 31.2 Å². The van der Waals surface area contributed by atoms with Gasteiger partial charge >= 0.3 is 0 Å². The van der Waals surface area contributed by atoms with Gasteiger partial charge in [-0.1, -0.05) is 22.0 Å². The van der Waals surface area contributed by atoms with Gasteiger partial charge in [0.1, 0.15) is 0 Å². The zero-order valence-electron chi connectivity index (χ0n) is 13.1. The first-order valence-corrected chi connectivity index (χ1v) is 8.29. The Labute approximate surface area is 139 Å². The molecule has 3 rings (SSSR count). The van der Waals surface area contributed by atoms with Gasteiger partial charge in [0.05, 0.1) is 5.69 Å². The lowest BCUT2D eigenvalue weighted by Gasteiger charge is -2.10. The fourth-order valence-corrected chi connectivity index (χ4v) is 3.57. The van der Waals surface area contributed by atoms with Crippen LogP contribution in [0.5, 0.6) is 0 Å². The standard InChI is InChI=1S/C17H20BrN3O/c1-10-16(11(2)21(3)20-10)9-19-17(22)14-6-12-4-5-15(18)8-13(12)7-14/h4-5,8,14H,6-7,9H2,1-3H3,(H,19,22). The first kappa shape index (κ1) is 15.3. The van der Waals surface area contributed by atoms with Crippen molar-refractivity contribution in [1.82, 2.24) is 15.1 Å². The highest BCUT2D eigenvalue weighted by Crippen LogP contribution is 2.29. The molecule has 1 aromatic heterocycles. The Bertz CT molecular complexity index is 736. The average Bonchev–Trinajstić information content (AvgIpc) is 2.99. The molecule has 2 aromatic rings. The van der Waals surface area contributed by atoms with Crippen molar-refractivity contribution in [1.29, 1.82) is 0 Å². The summed E-state index contributed by atoms with van der Waals surface area (Å²) < 4.78 is 2.94. The van der Waals surface area contributed by atoms with E-state index in [1.807, 2.05) is 31.6 Å². The number of nitrogens with zero attached hydrogens (tertiary/aromatic N) is 2. The molecule has 0 saturated carbocycles. The topological polar surface area (TPSA) is 46.9 Å². The van der Waals surface area contributed by atoms with E-state index in [0.29, 0.717) is 6.54 Å². The zero-order valence-corrected chi connectivity index (χ0v) is 14.7. The van der Waals surface area contributed by atoms with Crippen molar-refractivity contribution < 1.29 is 4.79 Å². The Balaban J connectivity index is 1.64. The first-order valence-electron chi connectivity index (χ1n) is 7.49. The first-order chi connectivity index (χ1) is 10.5. The van der Waals surface area contributed by atoms with Crippen LogP contribution in [0, 0.1) is 19.8 Å². The molecule has 0 radical (unpaired) electrons. The molecule has 1 N–H and O–H groups in total. The molecule has 4 nitrogen and oxygen atoms in total. The van der Waals surface area contributed by atoms with Gasteiger partial charge in [0.25, 0.3) is 0 Å². The van der Waals surface area contributed by atoms with E-state index in [2.05, 4.69) is 38.5 Å². The highest BCUT2D eigenvalue weighted by molar-refractivity contribution is 9.10. The van der Waals surface area contributed by atoms with Gasteiger partial charge in [-0.05, 0) is 49.9 Å². The van der Waals surface area contributed by atoms with Crippen LogP contribution in [-0.4, -0.2) is 15.7 Å². The number of aromatic nitrogens is 2. The maximum Gasteiger partial charge on any atom is 0.224 e. The number of hydrogen-bond donors (Lipinski definition) is 1. The number of carbonyl (C=O) groups is 1. The summed E-state index contributed by atoms with van der Waals surface area (Å²) in [6.45, 7) is 4.57. The monoisotopic (exact) mass is 361 g/mol. The van der Waals surface area contributed by atoms with Gasteiger partial charge < -0.3 is 5.32 Å². The number of benzene rings is 1. The van der Waals surface area contributed by atoms with Crippen molar-refractivity contribution >= 4 is 21.8 Å². The Hall–Kier alpha value is -1.62. The number of fused-ring (bicyclic) bond motifs is 1. The maximum absolute atomic E-state index is 12.5. The van der Waals surface area contributed by atoms with Crippen molar-refractivity contribution in [3.63, 3.8) is 0 Å². The highest BCUT2D eigenvalue weighted by Gasteiger charge is 2.27. The third-order valence-corrected chi connectivity index (χ3v) is 5.06. The minimum Gasteiger partial charge on any atom is -0.352 e. The summed E-state index contributed by atoms with van der Waals surface area (Å²) >= 11 is 3.49. The normalized spacial score (nSPS) is 16.6. The fourth-order valence-electron chi connectivity index (χ4n) is 3.17. The van der Waals surface area contributed by atoms with E-state index >= 15 is 0 Å². The molecule has 1 aliphatic rings. The summed E-state index contributed by atoms with van der Waals surface area (Å²) in [6.07, 6.45) is 1.66. The van der Waals surface area contributed by atoms with Crippen LogP contribution >= 0.6 is 15.9 Å². The number of rotatable bonds is 3. The highest BCUT2D eigenvalue weighted by atomic mass is 79.9. The van der Waals surface area contributed by atoms with Crippen LogP contribution in [0.4, 0.5) is 0 Å². The van der Waals surface area contributed by atoms with Gasteiger partial charge in [-0.3, -0.25) is 9.48 Å². The number of hydrogen-bond acceptors (Lipinski definition) is 2. The van der Waals surface area contributed by atoms with Crippen molar-refractivity contribution in [2.45, 2.75) is 33.2 Å². The molecule has 1 unspecified atom stereocenters. The SMILES string of the molecule is Cc1nn(C)c(C)c1CNC(=O)C1Cc2ccc(Br)cc2C1. The van der Waals surface area contributed by atoms with E-state index < -0.39 is 0 Å². The van der Waals surface area contributed by atoms with Gasteiger partial charge in [0.15, 0.2) is 0 Å². The number of halogens is 1. The third-order valence-electron chi connectivity index (χ3n) is 4.57. The van der Waals surface area contributed by atoms with E-state index in [-0.39, 0.29) is 11.8 Å². The Morgan fingerprint density at radius 2 is 2.09 bits per heavy atom. The third kappa shape index (κ3) is 2.82. The minimum atomic E-state index is 0.0431. The van der Waals surface area contributed by atoms with Gasteiger partial charge in [-0.25, -0.2) is 0 Å². The lowest BCUT2D eigenvalue weighted by molar-refractivity contribution is -0.124. The summed E-state index contributed by atoms with van der Waals surface area (Å²) in [7, 11) is 1.93. The molecule has 0 bridgehead atoms. The fraction of sp³-hybridized carbons (Fsp3) is 0.412. The largest absolute Gasteiger partial charge is 0.352 e. The van der Waals surface area contributed by atoms with E-state index in [9.17, 15) is 4.79 Å². The van der Waals surface area contributed by atoms with Gasteiger partial charge in [0.2, 0.25) is 5.91 Å². The molecular weight excluding hydrogens is 342 g/mol. The van der Waals surface area contributed by atoms with E-state index in [1.165, 1.54) is 11.1 Å². The number of carbonyl (C=O) groups excluding carboxylic acids is 1. The number of amides is 1. The number of nitrogens with one attached hydrogen (secondary N) is 1. The minimum absolute atomic E-state index is 0.0431.